The number of carbonyl (C=O) groups is 1. The SMILES string of the molecule is Cc1cc(CNC(=O)CCc2cc(C(C)(C)C)c(O)c(C(C)(C)C)c2)cc(C(C)(C)C)c1O. The van der Waals surface area contributed by atoms with E-state index in [4.69, 9.17) is 0 Å². The number of benzene rings is 2. The number of aryl methyl sites for hydroxylation is 2. The molecule has 0 aromatic heterocycles. The van der Waals surface area contributed by atoms with Gasteiger partial charge in [0.2, 0.25) is 5.91 Å². The second-order valence-corrected chi connectivity index (χ2v) is 12.4. The summed E-state index contributed by atoms with van der Waals surface area (Å²) in [4.78, 5) is 12.6. The number of hydrogen-bond donors (Lipinski definition) is 3. The van der Waals surface area contributed by atoms with E-state index in [-0.39, 0.29) is 22.2 Å². The van der Waals surface area contributed by atoms with Crippen molar-refractivity contribution >= 4 is 5.91 Å². The molecule has 2 aromatic rings. The molecule has 0 aliphatic rings. The molecule has 33 heavy (non-hydrogen) atoms. The van der Waals surface area contributed by atoms with Crippen LogP contribution in [0, 0.1) is 6.92 Å². The highest BCUT2D eigenvalue weighted by Gasteiger charge is 2.26. The lowest BCUT2D eigenvalue weighted by Gasteiger charge is -2.28. The molecule has 0 unspecified atom stereocenters. The van der Waals surface area contributed by atoms with Crippen LogP contribution in [0.4, 0.5) is 0 Å². The van der Waals surface area contributed by atoms with Gasteiger partial charge in [-0.15, -0.1) is 0 Å². The standard InChI is InChI=1S/C29H43NO3/c1-18-13-20(16-21(25(18)32)27(2,3)4)17-30-24(31)12-11-19-14-22(28(5,6)7)26(33)23(15-19)29(8,9)10/h13-16,32-33H,11-12,17H2,1-10H3,(H,30,31). The molecular weight excluding hydrogens is 410 g/mol. The third-order valence-electron chi connectivity index (χ3n) is 6.08. The summed E-state index contributed by atoms with van der Waals surface area (Å²) in [6, 6.07) is 7.98. The molecule has 2 rings (SSSR count). The molecule has 1 amide bonds. The van der Waals surface area contributed by atoms with Crippen molar-refractivity contribution < 1.29 is 15.0 Å². The second-order valence-electron chi connectivity index (χ2n) is 12.4. The minimum absolute atomic E-state index is 0.0132. The molecule has 2 aromatic carbocycles. The lowest BCUT2D eigenvalue weighted by molar-refractivity contribution is -0.121. The highest BCUT2D eigenvalue weighted by molar-refractivity contribution is 5.76. The summed E-state index contributed by atoms with van der Waals surface area (Å²) in [6.45, 7) is 21.1. The summed E-state index contributed by atoms with van der Waals surface area (Å²) >= 11 is 0. The van der Waals surface area contributed by atoms with Crippen LogP contribution in [0.1, 0.15) is 102 Å². The summed E-state index contributed by atoms with van der Waals surface area (Å²) in [6.07, 6.45) is 0.987. The zero-order valence-corrected chi connectivity index (χ0v) is 22.2. The fourth-order valence-corrected chi connectivity index (χ4v) is 4.06. The van der Waals surface area contributed by atoms with Crippen molar-refractivity contribution in [2.45, 2.75) is 105 Å². The molecule has 182 valence electrons. The second kappa shape index (κ2) is 9.40. The van der Waals surface area contributed by atoms with Crippen LogP contribution in [0.15, 0.2) is 24.3 Å². The zero-order valence-electron chi connectivity index (χ0n) is 22.2. The Labute approximate surface area is 200 Å². The van der Waals surface area contributed by atoms with E-state index < -0.39 is 0 Å². The summed E-state index contributed by atoms with van der Waals surface area (Å²) in [5.74, 6) is 0.676. The van der Waals surface area contributed by atoms with Gasteiger partial charge in [-0.25, -0.2) is 0 Å². The van der Waals surface area contributed by atoms with Crippen LogP contribution in [0.5, 0.6) is 11.5 Å². The van der Waals surface area contributed by atoms with Crippen molar-refractivity contribution in [3.8, 4) is 11.5 Å². The quantitative estimate of drug-likeness (QED) is 0.481. The Morgan fingerprint density at radius 2 is 1.15 bits per heavy atom. The largest absolute Gasteiger partial charge is 0.507 e. The van der Waals surface area contributed by atoms with Crippen molar-refractivity contribution in [2.75, 3.05) is 0 Å². The van der Waals surface area contributed by atoms with Crippen molar-refractivity contribution in [1.82, 2.24) is 5.32 Å². The van der Waals surface area contributed by atoms with Gasteiger partial charge in [0.15, 0.2) is 0 Å². The fourth-order valence-electron chi connectivity index (χ4n) is 4.06. The van der Waals surface area contributed by atoms with Crippen LogP contribution in [0.2, 0.25) is 0 Å². The van der Waals surface area contributed by atoms with Crippen molar-refractivity contribution in [3.05, 3.63) is 57.6 Å². The Kier molecular flexibility index (Phi) is 7.62. The molecule has 0 aliphatic heterocycles. The van der Waals surface area contributed by atoms with Crippen molar-refractivity contribution in [2.24, 2.45) is 0 Å². The summed E-state index contributed by atoms with van der Waals surface area (Å²) < 4.78 is 0. The van der Waals surface area contributed by atoms with Gasteiger partial charge >= 0.3 is 0 Å². The van der Waals surface area contributed by atoms with Crippen LogP contribution in [-0.2, 0) is 34.0 Å². The van der Waals surface area contributed by atoms with Gasteiger partial charge in [-0.05, 0) is 69.0 Å². The van der Waals surface area contributed by atoms with Crippen LogP contribution in [0.3, 0.4) is 0 Å². The number of hydrogen-bond acceptors (Lipinski definition) is 3. The minimum Gasteiger partial charge on any atom is -0.507 e. The lowest BCUT2D eigenvalue weighted by atomic mass is 9.78. The van der Waals surface area contributed by atoms with Crippen LogP contribution in [-0.4, -0.2) is 16.1 Å². The van der Waals surface area contributed by atoms with Crippen molar-refractivity contribution in [3.63, 3.8) is 0 Å². The number of rotatable bonds is 5. The van der Waals surface area contributed by atoms with Gasteiger partial charge in [-0.1, -0.05) is 80.5 Å². The van der Waals surface area contributed by atoms with Gasteiger partial charge in [0.25, 0.3) is 0 Å². The van der Waals surface area contributed by atoms with Crippen LogP contribution >= 0.6 is 0 Å². The summed E-state index contributed by atoms with van der Waals surface area (Å²) in [7, 11) is 0. The van der Waals surface area contributed by atoms with E-state index in [9.17, 15) is 15.0 Å². The molecule has 0 bridgehead atoms. The number of nitrogens with one attached hydrogen (secondary N) is 1. The molecule has 0 aliphatic carbocycles. The first-order valence-corrected chi connectivity index (χ1v) is 11.9. The van der Waals surface area contributed by atoms with E-state index in [2.05, 4.69) is 67.6 Å². The van der Waals surface area contributed by atoms with Crippen LogP contribution < -0.4 is 5.32 Å². The van der Waals surface area contributed by atoms with Crippen LogP contribution in [0.25, 0.3) is 0 Å². The Balaban J connectivity index is 2.15. The molecule has 0 spiro atoms. The first-order chi connectivity index (χ1) is 14.9. The molecule has 0 saturated heterocycles. The molecule has 4 heteroatoms. The van der Waals surface area contributed by atoms with E-state index in [0.717, 1.165) is 33.4 Å². The Morgan fingerprint density at radius 3 is 1.61 bits per heavy atom. The normalized spacial score (nSPS) is 12.7. The van der Waals surface area contributed by atoms with Crippen molar-refractivity contribution in [1.29, 1.82) is 0 Å². The zero-order chi connectivity index (χ0) is 25.4. The topological polar surface area (TPSA) is 69.6 Å². The molecule has 3 N–H and O–H groups in total. The smallest absolute Gasteiger partial charge is 0.220 e. The molecule has 0 radical (unpaired) electrons. The van der Waals surface area contributed by atoms with Gasteiger partial charge in [0, 0.05) is 13.0 Å². The third kappa shape index (κ3) is 6.75. The fraction of sp³-hybridized carbons (Fsp3) is 0.552. The monoisotopic (exact) mass is 453 g/mol. The van der Waals surface area contributed by atoms with E-state index in [1.807, 2.05) is 31.2 Å². The van der Waals surface area contributed by atoms with Gasteiger partial charge in [0.05, 0.1) is 0 Å². The Bertz CT molecular complexity index is 980. The predicted molar refractivity (Wildman–Crippen MR) is 137 cm³/mol. The van der Waals surface area contributed by atoms with Gasteiger partial charge in [-0.3, -0.25) is 4.79 Å². The Hall–Kier alpha value is -2.49. The van der Waals surface area contributed by atoms with E-state index in [1.165, 1.54) is 0 Å². The number of phenols is 2. The average molecular weight is 454 g/mol. The molecule has 0 atom stereocenters. The molecule has 4 nitrogen and oxygen atoms in total. The molecule has 0 saturated carbocycles. The number of carbonyl (C=O) groups excluding carboxylic acids is 1. The first kappa shape index (κ1) is 26.8. The van der Waals surface area contributed by atoms with E-state index in [0.29, 0.717) is 30.9 Å². The highest BCUT2D eigenvalue weighted by Crippen LogP contribution is 2.40. The summed E-state index contributed by atoms with van der Waals surface area (Å²) in [5.41, 5.74) is 5.03. The maximum Gasteiger partial charge on any atom is 0.220 e. The van der Waals surface area contributed by atoms with Gasteiger partial charge in [0.1, 0.15) is 11.5 Å². The maximum absolute atomic E-state index is 12.6. The average Bonchev–Trinajstić information content (AvgIpc) is 2.65. The van der Waals surface area contributed by atoms with Gasteiger partial charge in [-0.2, -0.15) is 0 Å². The molecule has 0 heterocycles. The highest BCUT2D eigenvalue weighted by atomic mass is 16.3. The third-order valence-corrected chi connectivity index (χ3v) is 6.08. The number of amides is 1. The molecular formula is C29H43NO3. The Morgan fingerprint density at radius 1 is 0.727 bits per heavy atom. The number of aromatic hydroxyl groups is 2. The van der Waals surface area contributed by atoms with Gasteiger partial charge < -0.3 is 15.5 Å². The van der Waals surface area contributed by atoms with E-state index >= 15 is 0 Å². The minimum atomic E-state index is -0.191. The molecule has 0 fully saturated rings. The first-order valence-electron chi connectivity index (χ1n) is 11.9. The number of phenolic OH excluding ortho intramolecular Hbond substituents is 2. The summed E-state index contributed by atoms with van der Waals surface area (Å²) in [5, 5.41) is 24.3. The lowest BCUT2D eigenvalue weighted by Crippen LogP contribution is -2.24. The van der Waals surface area contributed by atoms with E-state index in [1.54, 1.807) is 0 Å². The predicted octanol–water partition coefficient (Wildman–Crippen LogP) is 6.55. The maximum atomic E-state index is 12.6.